The SMILES string of the molecule is NC(=O)c1ccnc(C2=CCC(Oc3ccc(C(F)(F)F)cc3)CC2)n1. The Morgan fingerprint density at radius 1 is 1.19 bits per heavy atom. The average molecular weight is 363 g/mol. The van der Waals surface area contributed by atoms with E-state index in [2.05, 4.69) is 9.97 Å². The van der Waals surface area contributed by atoms with E-state index in [4.69, 9.17) is 10.5 Å². The van der Waals surface area contributed by atoms with Crippen LogP contribution in [0.5, 0.6) is 5.75 Å². The lowest BCUT2D eigenvalue weighted by Gasteiger charge is -2.23. The fraction of sp³-hybridized carbons (Fsp3) is 0.278. The van der Waals surface area contributed by atoms with Crippen LogP contribution in [0.25, 0.3) is 5.57 Å². The lowest BCUT2D eigenvalue weighted by atomic mass is 9.96. The largest absolute Gasteiger partial charge is 0.490 e. The summed E-state index contributed by atoms with van der Waals surface area (Å²) in [6, 6.07) is 6.10. The van der Waals surface area contributed by atoms with Crippen molar-refractivity contribution >= 4 is 11.5 Å². The number of hydrogen-bond donors (Lipinski definition) is 1. The summed E-state index contributed by atoms with van der Waals surface area (Å²) in [5, 5.41) is 0. The van der Waals surface area contributed by atoms with Gasteiger partial charge in [0.2, 0.25) is 0 Å². The summed E-state index contributed by atoms with van der Waals surface area (Å²) < 4.78 is 43.5. The van der Waals surface area contributed by atoms with Gasteiger partial charge >= 0.3 is 6.18 Å². The maximum Gasteiger partial charge on any atom is 0.416 e. The summed E-state index contributed by atoms with van der Waals surface area (Å²) in [5.41, 5.74) is 5.55. The molecule has 0 saturated carbocycles. The predicted molar refractivity (Wildman–Crippen MR) is 88.2 cm³/mol. The Hall–Kier alpha value is -2.90. The van der Waals surface area contributed by atoms with Gasteiger partial charge in [-0.3, -0.25) is 4.79 Å². The van der Waals surface area contributed by atoms with Gasteiger partial charge < -0.3 is 10.5 Å². The number of ether oxygens (including phenoxy) is 1. The molecule has 0 aliphatic heterocycles. The van der Waals surface area contributed by atoms with Crippen molar-refractivity contribution in [3.63, 3.8) is 0 Å². The number of halogens is 3. The molecule has 1 aliphatic rings. The number of amides is 1. The van der Waals surface area contributed by atoms with E-state index in [1.807, 2.05) is 6.08 Å². The molecule has 26 heavy (non-hydrogen) atoms. The van der Waals surface area contributed by atoms with Gasteiger partial charge in [-0.15, -0.1) is 0 Å². The summed E-state index contributed by atoms with van der Waals surface area (Å²) in [5.74, 6) is 0.231. The van der Waals surface area contributed by atoms with Crippen LogP contribution in [0.4, 0.5) is 13.2 Å². The molecule has 5 nitrogen and oxygen atoms in total. The maximum absolute atomic E-state index is 12.6. The van der Waals surface area contributed by atoms with Crippen LogP contribution < -0.4 is 10.5 Å². The van der Waals surface area contributed by atoms with Crippen LogP contribution in [0.1, 0.15) is 41.1 Å². The first-order valence-electron chi connectivity index (χ1n) is 7.99. The molecule has 3 rings (SSSR count). The van der Waals surface area contributed by atoms with E-state index in [0.29, 0.717) is 30.8 Å². The van der Waals surface area contributed by atoms with Gasteiger partial charge in [0.15, 0.2) is 5.82 Å². The topological polar surface area (TPSA) is 78.1 Å². The van der Waals surface area contributed by atoms with Crippen LogP contribution in [0.3, 0.4) is 0 Å². The molecule has 1 atom stereocenters. The fourth-order valence-electron chi connectivity index (χ4n) is 2.69. The van der Waals surface area contributed by atoms with Gasteiger partial charge in [-0.2, -0.15) is 13.2 Å². The molecule has 1 aliphatic carbocycles. The lowest BCUT2D eigenvalue weighted by molar-refractivity contribution is -0.137. The number of benzene rings is 1. The number of nitrogens with two attached hydrogens (primary N) is 1. The van der Waals surface area contributed by atoms with Gasteiger partial charge in [-0.05, 0) is 48.7 Å². The third kappa shape index (κ3) is 4.19. The van der Waals surface area contributed by atoms with Gasteiger partial charge in [0, 0.05) is 12.6 Å². The zero-order chi connectivity index (χ0) is 18.7. The number of nitrogens with zero attached hydrogens (tertiary/aromatic N) is 2. The van der Waals surface area contributed by atoms with Crippen LogP contribution in [-0.4, -0.2) is 22.0 Å². The Morgan fingerprint density at radius 3 is 2.50 bits per heavy atom. The zero-order valence-corrected chi connectivity index (χ0v) is 13.7. The van der Waals surface area contributed by atoms with Crippen LogP contribution in [0.15, 0.2) is 42.6 Å². The first-order valence-corrected chi connectivity index (χ1v) is 7.99. The molecule has 1 amide bonds. The van der Waals surface area contributed by atoms with Crippen LogP contribution in [0.2, 0.25) is 0 Å². The number of carbonyl (C=O) groups excluding carboxylic acids is 1. The molecule has 0 radical (unpaired) electrons. The van der Waals surface area contributed by atoms with Crippen molar-refractivity contribution in [3.05, 3.63) is 59.7 Å². The number of rotatable bonds is 4. The van der Waals surface area contributed by atoms with Crippen molar-refractivity contribution in [1.82, 2.24) is 9.97 Å². The number of primary amides is 1. The molecule has 1 aromatic heterocycles. The molecule has 0 bridgehead atoms. The van der Waals surface area contributed by atoms with Gasteiger partial charge in [-0.1, -0.05) is 6.08 Å². The molecule has 1 heterocycles. The summed E-state index contributed by atoms with van der Waals surface area (Å²) in [6.07, 6.45) is 0.757. The van der Waals surface area contributed by atoms with Crippen molar-refractivity contribution in [3.8, 4) is 5.75 Å². The third-order valence-electron chi connectivity index (χ3n) is 4.04. The molecular weight excluding hydrogens is 347 g/mol. The third-order valence-corrected chi connectivity index (χ3v) is 4.04. The first-order chi connectivity index (χ1) is 12.3. The van der Waals surface area contributed by atoms with E-state index in [9.17, 15) is 18.0 Å². The van der Waals surface area contributed by atoms with Crippen LogP contribution in [-0.2, 0) is 6.18 Å². The monoisotopic (exact) mass is 363 g/mol. The van der Waals surface area contributed by atoms with E-state index in [-0.39, 0.29) is 11.8 Å². The first kappa shape index (κ1) is 17.9. The minimum Gasteiger partial charge on any atom is -0.490 e. The molecular formula is C18H16F3N3O2. The van der Waals surface area contributed by atoms with Gasteiger partial charge in [0.25, 0.3) is 5.91 Å². The summed E-state index contributed by atoms with van der Waals surface area (Å²) in [4.78, 5) is 19.5. The quantitative estimate of drug-likeness (QED) is 0.900. The Labute approximate surface area is 147 Å². The number of aromatic nitrogens is 2. The maximum atomic E-state index is 12.6. The highest BCUT2D eigenvalue weighted by molar-refractivity contribution is 5.90. The van der Waals surface area contributed by atoms with Crippen molar-refractivity contribution in [2.75, 3.05) is 0 Å². The van der Waals surface area contributed by atoms with Crippen molar-refractivity contribution in [1.29, 1.82) is 0 Å². The standard InChI is InChI=1S/C18H16F3N3O2/c19-18(20,21)12-3-7-14(8-4-12)26-13-5-1-11(2-6-13)17-23-10-9-15(24-17)16(22)25/h1,3-4,7-10,13H,2,5-6H2,(H2,22,25). The fourth-order valence-corrected chi connectivity index (χ4v) is 2.69. The van der Waals surface area contributed by atoms with E-state index >= 15 is 0 Å². The van der Waals surface area contributed by atoms with E-state index in [1.165, 1.54) is 24.4 Å². The van der Waals surface area contributed by atoms with Crippen molar-refractivity contribution < 1.29 is 22.7 Å². The number of hydrogen-bond acceptors (Lipinski definition) is 4. The molecule has 136 valence electrons. The summed E-state index contributed by atoms with van der Waals surface area (Å²) in [7, 11) is 0. The summed E-state index contributed by atoms with van der Waals surface area (Å²) in [6.45, 7) is 0. The Morgan fingerprint density at radius 2 is 1.92 bits per heavy atom. The molecule has 2 aromatic rings. The highest BCUT2D eigenvalue weighted by Gasteiger charge is 2.30. The molecule has 0 fully saturated rings. The Kier molecular flexibility index (Phi) is 4.92. The molecule has 8 heteroatoms. The van der Waals surface area contributed by atoms with Gasteiger partial charge in [-0.25, -0.2) is 9.97 Å². The molecule has 0 spiro atoms. The normalized spacial score (nSPS) is 17.5. The van der Waals surface area contributed by atoms with Gasteiger partial charge in [0.05, 0.1) is 5.56 Å². The second kappa shape index (κ2) is 7.15. The number of alkyl halides is 3. The Balaban J connectivity index is 1.64. The number of allylic oxidation sites excluding steroid dienone is 1. The lowest BCUT2D eigenvalue weighted by Crippen LogP contribution is -2.20. The van der Waals surface area contributed by atoms with E-state index in [1.54, 1.807) is 0 Å². The zero-order valence-electron chi connectivity index (χ0n) is 13.7. The van der Waals surface area contributed by atoms with E-state index in [0.717, 1.165) is 17.7 Å². The Bertz CT molecular complexity index is 832. The van der Waals surface area contributed by atoms with Crippen LogP contribution in [0, 0.1) is 0 Å². The summed E-state index contributed by atoms with van der Waals surface area (Å²) >= 11 is 0. The highest BCUT2D eigenvalue weighted by Crippen LogP contribution is 2.32. The second-order valence-corrected chi connectivity index (χ2v) is 5.90. The van der Waals surface area contributed by atoms with Crippen LogP contribution >= 0.6 is 0 Å². The van der Waals surface area contributed by atoms with Crippen molar-refractivity contribution in [2.45, 2.75) is 31.5 Å². The smallest absolute Gasteiger partial charge is 0.416 e. The minimum atomic E-state index is -4.36. The van der Waals surface area contributed by atoms with Crippen molar-refractivity contribution in [2.24, 2.45) is 5.73 Å². The number of carbonyl (C=O) groups is 1. The molecule has 1 unspecified atom stereocenters. The second-order valence-electron chi connectivity index (χ2n) is 5.90. The average Bonchev–Trinajstić information content (AvgIpc) is 2.62. The van der Waals surface area contributed by atoms with Gasteiger partial charge in [0.1, 0.15) is 17.5 Å². The van der Waals surface area contributed by atoms with E-state index < -0.39 is 17.6 Å². The highest BCUT2D eigenvalue weighted by atomic mass is 19.4. The molecule has 0 saturated heterocycles. The minimum absolute atomic E-state index is 0.144. The molecule has 1 aromatic carbocycles. The predicted octanol–water partition coefficient (Wildman–Crippen LogP) is 3.61. The molecule has 2 N–H and O–H groups in total.